The summed E-state index contributed by atoms with van der Waals surface area (Å²) in [7, 11) is 0. The molecule has 0 radical (unpaired) electrons. The summed E-state index contributed by atoms with van der Waals surface area (Å²) >= 11 is 1.26. The Kier molecular flexibility index (Phi) is 5.88. The van der Waals surface area contributed by atoms with Crippen LogP contribution in [0, 0.1) is 0 Å². The second-order valence-electron chi connectivity index (χ2n) is 5.84. The van der Waals surface area contributed by atoms with E-state index in [0.29, 0.717) is 29.1 Å². The van der Waals surface area contributed by atoms with Gasteiger partial charge in [-0.25, -0.2) is 4.98 Å². The molecule has 0 unspecified atom stereocenters. The van der Waals surface area contributed by atoms with Crippen LogP contribution in [0.4, 0.5) is 0 Å². The maximum atomic E-state index is 12.6. The van der Waals surface area contributed by atoms with Crippen LogP contribution in [0.5, 0.6) is 0 Å². The zero-order chi connectivity index (χ0) is 17.6. The molecule has 0 aliphatic carbocycles. The molecule has 0 bridgehead atoms. The molecule has 25 heavy (non-hydrogen) atoms. The zero-order valence-corrected chi connectivity index (χ0v) is 14.8. The number of hydrogen-bond donors (Lipinski definition) is 1. The first-order valence-corrected chi connectivity index (χ1v) is 9.29. The van der Waals surface area contributed by atoms with Gasteiger partial charge < -0.3 is 10.1 Å². The number of nitrogens with one attached hydrogen (secondary N) is 1. The Balaban J connectivity index is 1.71. The van der Waals surface area contributed by atoms with Gasteiger partial charge in [-0.2, -0.15) is 0 Å². The van der Waals surface area contributed by atoms with Gasteiger partial charge in [0, 0.05) is 19.7 Å². The van der Waals surface area contributed by atoms with E-state index in [-0.39, 0.29) is 23.3 Å². The molecule has 1 saturated heterocycles. The predicted molar refractivity (Wildman–Crippen MR) is 98.9 cm³/mol. The Morgan fingerprint density at radius 1 is 1.48 bits per heavy atom. The molecular formula is C18H21N3O3S. The summed E-state index contributed by atoms with van der Waals surface area (Å²) in [6, 6.07) is 7.22. The highest BCUT2D eigenvalue weighted by Gasteiger charge is 2.17. The van der Waals surface area contributed by atoms with Crippen molar-refractivity contribution in [2.75, 3.05) is 18.9 Å². The summed E-state index contributed by atoms with van der Waals surface area (Å²) in [5, 5.41) is 3.97. The van der Waals surface area contributed by atoms with Crippen LogP contribution < -0.4 is 10.9 Å². The summed E-state index contributed by atoms with van der Waals surface area (Å²) in [5.74, 6) is 0.113. The normalized spacial score (nSPS) is 16.9. The van der Waals surface area contributed by atoms with Gasteiger partial charge in [0.1, 0.15) is 0 Å². The van der Waals surface area contributed by atoms with Crippen LogP contribution >= 0.6 is 11.8 Å². The van der Waals surface area contributed by atoms with Gasteiger partial charge in [-0.15, -0.1) is 6.58 Å². The highest BCUT2D eigenvalue weighted by atomic mass is 32.2. The number of thioether (sulfide) groups is 1. The number of carbonyl (C=O) groups excluding carboxylic acids is 1. The first-order chi connectivity index (χ1) is 12.2. The number of para-hydroxylation sites is 1. The minimum Gasteiger partial charge on any atom is -0.376 e. The van der Waals surface area contributed by atoms with Gasteiger partial charge in [0.05, 0.1) is 22.8 Å². The fourth-order valence-corrected chi connectivity index (χ4v) is 3.60. The third-order valence-electron chi connectivity index (χ3n) is 4.02. The van der Waals surface area contributed by atoms with Gasteiger partial charge in [0.15, 0.2) is 5.16 Å². The first kappa shape index (κ1) is 17.7. The van der Waals surface area contributed by atoms with Gasteiger partial charge in [-0.3, -0.25) is 14.2 Å². The fraction of sp³-hybridized carbons (Fsp3) is 0.389. The molecule has 1 amide bonds. The number of benzene rings is 1. The Hall–Kier alpha value is -2.12. The molecule has 0 saturated carbocycles. The van der Waals surface area contributed by atoms with Gasteiger partial charge in [0.25, 0.3) is 5.56 Å². The number of carbonyl (C=O) groups is 1. The van der Waals surface area contributed by atoms with Crippen molar-refractivity contribution in [2.24, 2.45) is 0 Å². The number of allylic oxidation sites excluding steroid dienone is 1. The molecule has 6 nitrogen and oxygen atoms in total. The third kappa shape index (κ3) is 4.29. The lowest BCUT2D eigenvalue weighted by Crippen LogP contribution is -2.33. The summed E-state index contributed by atoms with van der Waals surface area (Å²) in [4.78, 5) is 29.2. The lowest BCUT2D eigenvalue weighted by molar-refractivity contribution is -0.119. The smallest absolute Gasteiger partial charge is 0.262 e. The Morgan fingerprint density at radius 2 is 2.32 bits per heavy atom. The number of nitrogens with zero attached hydrogens (tertiary/aromatic N) is 2. The van der Waals surface area contributed by atoms with E-state index >= 15 is 0 Å². The van der Waals surface area contributed by atoms with Gasteiger partial charge in [0.2, 0.25) is 5.91 Å². The molecular weight excluding hydrogens is 338 g/mol. The SMILES string of the molecule is C=CCn1c(SCC(=O)NC[C@H]2CCCO2)nc2ccccc2c1=O. The molecule has 1 fully saturated rings. The molecule has 1 aromatic heterocycles. The minimum atomic E-state index is -0.118. The van der Waals surface area contributed by atoms with E-state index in [1.807, 2.05) is 12.1 Å². The Morgan fingerprint density at radius 3 is 3.08 bits per heavy atom. The van der Waals surface area contributed by atoms with Crippen LogP contribution in [-0.2, 0) is 16.1 Å². The number of rotatable bonds is 7. The number of ether oxygens (including phenoxy) is 1. The summed E-state index contributed by atoms with van der Waals surface area (Å²) in [5.41, 5.74) is 0.517. The standard InChI is InChI=1S/C18H21N3O3S/c1-2-9-21-17(23)14-7-3-4-8-15(14)20-18(21)25-12-16(22)19-11-13-6-5-10-24-13/h2-4,7-8,13H,1,5-6,9-12H2,(H,19,22)/t13-/m1/s1. The summed E-state index contributed by atoms with van der Waals surface area (Å²) in [6.07, 6.45) is 3.80. The van der Waals surface area contributed by atoms with E-state index in [1.165, 1.54) is 11.8 Å². The van der Waals surface area contributed by atoms with E-state index in [1.54, 1.807) is 22.8 Å². The van der Waals surface area contributed by atoms with Crippen molar-refractivity contribution in [2.45, 2.75) is 30.6 Å². The molecule has 3 rings (SSSR count). The van der Waals surface area contributed by atoms with Gasteiger partial charge >= 0.3 is 0 Å². The van der Waals surface area contributed by atoms with Gasteiger partial charge in [-0.1, -0.05) is 30.0 Å². The van der Waals surface area contributed by atoms with Crippen LogP contribution in [0.25, 0.3) is 10.9 Å². The van der Waals surface area contributed by atoms with Crippen LogP contribution in [-0.4, -0.2) is 40.5 Å². The largest absolute Gasteiger partial charge is 0.376 e. The average Bonchev–Trinajstić information content (AvgIpc) is 3.14. The maximum Gasteiger partial charge on any atom is 0.262 e. The second-order valence-corrected chi connectivity index (χ2v) is 6.79. The molecule has 132 valence electrons. The molecule has 1 N–H and O–H groups in total. The second kappa shape index (κ2) is 8.31. The van der Waals surface area contributed by atoms with Crippen molar-refractivity contribution >= 4 is 28.6 Å². The van der Waals surface area contributed by atoms with Crippen molar-refractivity contribution in [3.63, 3.8) is 0 Å². The van der Waals surface area contributed by atoms with Crippen LogP contribution in [0.15, 0.2) is 46.9 Å². The molecule has 7 heteroatoms. The van der Waals surface area contributed by atoms with Crippen LogP contribution in [0.1, 0.15) is 12.8 Å². The maximum absolute atomic E-state index is 12.6. The van der Waals surface area contributed by atoms with Crippen molar-refractivity contribution < 1.29 is 9.53 Å². The summed E-state index contributed by atoms with van der Waals surface area (Å²) < 4.78 is 7.04. The van der Waals surface area contributed by atoms with Crippen molar-refractivity contribution in [3.05, 3.63) is 47.3 Å². The lowest BCUT2D eigenvalue weighted by Gasteiger charge is -2.12. The molecule has 1 aromatic carbocycles. The molecule has 1 aliphatic rings. The van der Waals surface area contributed by atoms with Crippen molar-refractivity contribution in [1.29, 1.82) is 0 Å². The van der Waals surface area contributed by atoms with E-state index in [4.69, 9.17) is 4.74 Å². The van der Waals surface area contributed by atoms with Crippen LogP contribution in [0.3, 0.4) is 0 Å². The number of fused-ring (bicyclic) bond motifs is 1. The summed E-state index contributed by atoms with van der Waals surface area (Å²) in [6.45, 7) is 5.35. The number of amides is 1. The quantitative estimate of drug-likeness (QED) is 0.465. The molecule has 2 aromatic rings. The highest BCUT2D eigenvalue weighted by molar-refractivity contribution is 7.99. The first-order valence-electron chi connectivity index (χ1n) is 8.30. The minimum absolute atomic E-state index is 0.0898. The predicted octanol–water partition coefficient (Wildman–Crippen LogP) is 1.97. The Labute approximate surface area is 150 Å². The molecule has 1 aliphatic heterocycles. The van der Waals surface area contributed by atoms with E-state index in [0.717, 1.165) is 19.4 Å². The van der Waals surface area contributed by atoms with E-state index in [2.05, 4.69) is 16.9 Å². The topological polar surface area (TPSA) is 73.2 Å². The monoisotopic (exact) mass is 359 g/mol. The van der Waals surface area contributed by atoms with E-state index in [9.17, 15) is 9.59 Å². The molecule has 2 heterocycles. The van der Waals surface area contributed by atoms with Gasteiger partial charge in [-0.05, 0) is 25.0 Å². The molecule has 0 spiro atoms. The molecule has 1 atom stereocenters. The lowest BCUT2D eigenvalue weighted by atomic mass is 10.2. The third-order valence-corrected chi connectivity index (χ3v) is 5.00. The number of hydrogen-bond acceptors (Lipinski definition) is 5. The average molecular weight is 359 g/mol. The van der Waals surface area contributed by atoms with Crippen molar-refractivity contribution in [3.8, 4) is 0 Å². The fourth-order valence-electron chi connectivity index (χ4n) is 2.76. The highest BCUT2D eigenvalue weighted by Crippen LogP contribution is 2.18. The Bertz CT molecular complexity index is 828. The number of aromatic nitrogens is 2. The zero-order valence-electron chi connectivity index (χ0n) is 13.9. The van der Waals surface area contributed by atoms with Crippen LogP contribution in [0.2, 0.25) is 0 Å². The van der Waals surface area contributed by atoms with E-state index < -0.39 is 0 Å². The van der Waals surface area contributed by atoms with Crippen molar-refractivity contribution in [1.82, 2.24) is 14.9 Å².